The second-order valence-corrected chi connectivity index (χ2v) is 7.31. The van der Waals surface area contributed by atoms with Crippen LogP contribution in [0.4, 0.5) is 0 Å². The van der Waals surface area contributed by atoms with E-state index in [1.54, 1.807) is 0 Å². The van der Waals surface area contributed by atoms with Gasteiger partial charge in [-0.3, -0.25) is 24.0 Å². The van der Waals surface area contributed by atoms with Gasteiger partial charge < -0.3 is 38.3 Å². The second kappa shape index (κ2) is 12.3. The Morgan fingerprint density at radius 3 is 1.88 bits per heavy atom. The molecule has 1 N–H and O–H groups in total. The van der Waals surface area contributed by atoms with Crippen molar-refractivity contribution in [2.24, 2.45) is 0 Å². The standard InChI is InChI=1S/C20H28O14/c1-9(21)29-8-15(31-11(3)23)17(33-13(5)25)18-16(32-12(4)24)14(30-10(2)22)7-20(27,34-18)19(26)28-6/h14-18,27H,7-8H2,1-6H3/t14-,15+,16+,17+,18+,20-/m0/s1. The summed E-state index contributed by atoms with van der Waals surface area (Å²) in [6, 6.07) is 0. The van der Waals surface area contributed by atoms with Gasteiger partial charge in [0.05, 0.1) is 13.5 Å². The fraction of sp³-hybridized carbons (Fsp3) is 0.700. The van der Waals surface area contributed by atoms with E-state index in [2.05, 4.69) is 4.74 Å². The van der Waals surface area contributed by atoms with Crippen LogP contribution in [0.15, 0.2) is 0 Å². The summed E-state index contributed by atoms with van der Waals surface area (Å²) in [6.07, 6.45) is -8.82. The fourth-order valence-corrected chi connectivity index (χ4v) is 3.30. The number of hydrogen-bond donors (Lipinski definition) is 1. The third kappa shape index (κ3) is 8.26. The first-order chi connectivity index (χ1) is 15.7. The summed E-state index contributed by atoms with van der Waals surface area (Å²) in [4.78, 5) is 70.7. The van der Waals surface area contributed by atoms with Crippen molar-refractivity contribution in [3.05, 3.63) is 0 Å². The number of carbonyl (C=O) groups excluding carboxylic acids is 6. The predicted octanol–water partition coefficient (Wildman–Crippen LogP) is -1.07. The summed E-state index contributed by atoms with van der Waals surface area (Å²) < 4.78 is 35.6. The number of hydrogen-bond acceptors (Lipinski definition) is 14. The van der Waals surface area contributed by atoms with E-state index < -0.39 is 85.2 Å². The van der Waals surface area contributed by atoms with Gasteiger partial charge in [-0.05, 0) is 0 Å². The lowest BCUT2D eigenvalue weighted by Crippen LogP contribution is -2.65. The van der Waals surface area contributed by atoms with Crippen LogP contribution in [0.2, 0.25) is 0 Å². The van der Waals surface area contributed by atoms with E-state index in [1.165, 1.54) is 0 Å². The molecule has 14 heteroatoms. The molecular weight excluding hydrogens is 464 g/mol. The van der Waals surface area contributed by atoms with E-state index in [0.29, 0.717) is 0 Å². The van der Waals surface area contributed by atoms with E-state index in [4.69, 9.17) is 28.4 Å². The maximum absolute atomic E-state index is 12.3. The van der Waals surface area contributed by atoms with E-state index in [1.807, 2.05) is 0 Å². The normalized spacial score (nSPS) is 25.7. The molecule has 1 fully saturated rings. The van der Waals surface area contributed by atoms with Crippen LogP contribution in [0.5, 0.6) is 0 Å². The molecule has 1 aliphatic rings. The number of ether oxygens (including phenoxy) is 7. The molecule has 0 amide bonds. The van der Waals surface area contributed by atoms with Gasteiger partial charge in [-0.15, -0.1) is 0 Å². The smallest absolute Gasteiger partial charge is 0.366 e. The molecule has 0 spiro atoms. The van der Waals surface area contributed by atoms with Crippen LogP contribution in [0.3, 0.4) is 0 Å². The molecule has 1 heterocycles. The Balaban J connectivity index is 3.64. The summed E-state index contributed by atoms with van der Waals surface area (Å²) in [6.45, 7) is 4.48. The van der Waals surface area contributed by atoms with Crippen LogP contribution in [0, 0.1) is 0 Å². The molecule has 6 atom stereocenters. The molecule has 0 bridgehead atoms. The van der Waals surface area contributed by atoms with Gasteiger partial charge in [0.15, 0.2) is 18.3 Å². The minimum Gasteiger partial charge on any atom is -0.465 e. The van der Waals surface area contributed by atoms with Crippen molar-refractivity contribution >= 4 is 35.8 Å². The van der Waals surface area contributed by atoms with Crippen LogP contribution in [0.1, 0.15) is 41.0 Å². The van der Waals surface area contributed by atoms with Crippen LogP contribution < -0.4 is 0 Å². The number of aliphatic hydroxyl groups is 1. The van der Waals surface area contributed by atoms with Crippen molar-refractivity contribution in [2.45, 2.75) is 77.3 Å². The van der Waals surface area contributed by atoms with E-state index in [9.17, 15) is 33.9 Å². The van der Waals surface area contributed by atoms with Gasteiger partial charge in [0, 0.05) is 34.6 Å². The van der Waals surface area contributed by atoms with Gasteiger partial charge in [-0.1, -0.05) is 0 Å². The van der Waals surface area contributed by atoms with E-state index in [0.717, 1.165) is 41.7 Å². The quantitative estimate of drug-likeness (QED) is 0.302. The van der Waals surface area contributed by atoms with Crippen LogP contribution in [-0.4, -0.2) is 90.9 Å². The Labute approximate surface area is 194 Å². The molecule has 192 valence electrons. The fourth-order valence-electron chi connectivity index (χ4n) is 3.30. The lowest BCUT2D eigenvalue weighted by atomic mass is 9.90. The summed E-state index contributed by atoms with van der Waals surface area (Å²) in [5, 5.41) is 10.8. The Morgan fingerprint density at radius 2 is 1.44 bits per heavy atom. The molecular formula is C20H28O14. The van der Waals surface area contributed by atoms with Crippen LogP contribution in [0.25, 0.3) is 0 Å². The predicted molar refractivity (Wildman–Crippen MR) is 105 cm³/mol. The highest BCUT2D eigenvalue weighted by atomic mass is 16.7. The van der Waals surface area contributed by atoms with E-state index in [-0.39, 0.29) is 0 Å². The first-order valence-corrected chi connectivity index (χ1v) is 10.0. The van der Waals surface area contributed by atoms with Gasteiger partial charge in [0.25, 0.3) is 5.79 Å². The zero-order chi connectivity index (χ0) is 26.2. The van der Waals surface area contributed by atoms with Crippen molar-refractivity contribution in [2.75, 3.05) is 13.7 Å². The van der Waals surface area contributed by atoms with Gasteiger partial charge in [-0.25, -0.2) is 4.79 Å². The number of methoxy groups -OCH3 is 1. The molecule has 1 rings (SSSR count). The maximum Gasteiger partial charge on any atom is 0.366 e. The zero-order valence-electron chi connectivity index (χ0n) is 19.6. The molecule has 0 aliphatic carbocycles. The average Bonchev–Trinajstić information content (AvgIpc) is 2.69. The van der Waals surface area contributed by atoms with Crippen molar-refractivity contribution in [1.82, 2.24) is 0 Å². The molecule has 0 aromatic carbocycles. The highest BCUT2D eigenvalue weighted by molar-refractivity contribution is 5.78. The number of esters is 6. The minimum atomic E-state index is -2.75. The van der Waals surface area contributed by atoms with Crippen molar-refractivity contribution < 1.29 is 67.0 Å². The summed E-state index contributed by atoms with van der Waals surface area (Å²) in [7, 11) is 0.948. The first-order valence-electron chi connectivity index (χ1n) is 10.0. The van der Waals surface area contributed by atoms with E-state index >= 15 is 0 Å². The Morgan fingerprint density at radius 1 is 0.882 bits per heavy atom. The van der Waals surface area contributed by atoms with Gasteiger partial charge in [-0.2, -0.15) is 0 Å². The molecule has 0 unspecified atom stereocenters. The molecule has 14 nitrogen and oxygen atoms in total. The average molecular weight is 492 g/mol. The molecule has 1 aliphatic heterocycles. The largest absolute Gasteiger partial charge is 0.465 e. The summed E-state index contributed by atoms with van der Waals surface area (Å²) >= 11 is 0. The maximum atomic E-state index is 12.3. The Bertz CT molecular complexity index is 807. The molecule has 0 aromatic rings. The zero-order valence-corrected chi connectivity index (χ0v) is 19.6. The lowest BCUT2D eigenvalue weighted by molar-refractivity contribution is -0.317. The third-order valence-electron chi connectivity index (χ3n) is 4.38. The monoisotopic (exact) mass is 492 g/mol. The van der Waals surface area contributed by atoms with Gasteiger partial charge in [0.1, 0.15) is 18.8 Å². The van der Waals surface area contributed by atoms with Crippen LogP contribution >= 0.6 is 0 Å². The van der Waals surface area contributed by atoms with Crippen molar-refractivity contribution in [3.63, 3.8) is 0 Å². The number of carbonyl (C=O) groups is 6. The topological polar surface area (TPSA) is 187 Å². The van der Waals surface area contributed by atoms with Crippen LogP contribution in [-0.2, 0) is 61.9 Å². The molecule has 0 saturated carbocycles. The summed E-state index contributed by atoms with van der Waals surface area (Å²) in [5.74, 6) is -8.40. The Hall–Kier alpha value is -3.26. The highest BCUT2D eigenvalue weighted by Gasteiger charge is 2.58. The van der Waals surface area contributed by atoms with Crippen molar-refractivity contribution in [1.29, 1.82) is 0 Å². The first kappa shape index (κ1) is 28.8. The highest BCUT2D eigenvalue weighted by Crippen LogP contribution is 2.36. The lowest BCUT2D eigenvalue weighted by Gasteiger charge is -2.46. The third-order valence-corrected chi connectivity index (χ3v) is 4.38. The van der Waals surface area contributed by atoms with Crippen molar-refractivity contribution in [3.8, 4) is 0 Å². The minimum absolute atomic E-state index is 0.644. The van der Waals surface area contributed by atoms with Gasteiger partial charge in [0.2, 0.25) is 0 Å². The molecule has 34 heavy (non-hydrogen) atoms. The molecule has 0 radical (unpaired) electrons. The number of rotatable bonds is 9. The Kier molecular flexibility index (Phi) is 10.4. The van der Waals surface area contributed by atoms with Gasteiger partial charge >= 0.3 is 35.8 Å². The molecule has 1 saturated heterocycles. The molecule has 0 aromatic heterocycles. The second-order valence-electron chi connectivity index (χ2n) is 7.31. The summed E-state index contributed by atoms with van der Waals surface area (Å²) in [5.41, 5.74) is 0. The SMILES string of the molecule is COC(=O)[C@]1(O)C[C@H](OC(C)=O)[C@@H](OC(C)=O)[C@H]([C@H](OC(C)=O)[C@@H](COC(C)=O)OC(C)=O)O1.